The van der Waals surface area contributed by atoms with Gasteiger partial charge in [-0.05, 0) is 29.3 Å². The molecule has 1 atom stereocenters. The van der Waals surface area contributed by atoms with E-state index < -0.39 is 23.9 Å². The minimum Gasteiger partial charge on any atom is -0.428 e. The Morgan fingerprint density at radius 1 is 0.815 bits per heavy atom. The van der Waals surface area contributed by atoms with Crippen molar-refractivity contribution in [3.63, 3.8) is 0 Å². The number of hydrogen-bond donors (Lipinski definition) is 1. The van der Waals surface area contributed by atoms with Gasteiger partial charge >= 0.3 is 12.5 Å². The van der Waals surface area contributed by atoms with Crippen molar-refractivity contribution in [3.05, 3.63) is 95.8 Å². The van der Waals surface area contributed by atoms with Crippen molar-refractivity contribution in [1.29, 1.82) is 0 Å². The van der Waals surface area contributed by atoms with E-state index in [0.29, 0.717) is 16.7 Å². The van der Waals surface area contributed by atoms with Crippen LogP contribution in [0.5, 0.6) is 5.75 Å². The highest BCUT2D eigenvalue weighted by molar-refractivity contribution is 5.47. The van der Waals surface area contributed by atoms with Crippen LogP contribution >= 0.6 is 0 Å². The highest BCUT2D eigenvalue weighted by Gasteiger charge is 2.44. The van der Waals surface area contributed by atoms with E-state index in [4.69, 9.17) is 0 Å². The first kappa shape index (κ1) is 18.8. The first-order chi connectivity index (χ1) is 12.8. The van der Waals surface area contributed by atoms with E-state index in [2.05, 4.69) is 9.72 Å². The minimum atomic E-state index is -4.60. The van der Waals surface area contributed by atoms with E-state index >= 15 is 0 Å². The monoisotopic (exact) mass is 377 g/mol. The van der Waals surface area contributed by atoms with Crippen molar-refractivity contribution in [3.8, 4) is 5.75 Å². The number of pyridine rings is 1. The fraction of sp³-hybridized carbons (Fsp3) is 0.150. The van der Waals surface area contributed by atoms with Gasteiger partial charge in [-0.15, -0.1) is 0 Å². The molecule has 1 unspecified atom stereocenters. The van der Waals surface area contributed by atoms with Gasteiger partial charge in [0.2, 0.25) is 0 Å². The standard InChI is InChI=1S/C20H15F4NO2/c21-18(22)20(23,24)27-17-10-8-15(9-11-17)19(26,14-5-2-1-3-6-14)16-7-4-12-25-13-16/h1-13,18,26H. The van der Waals surface area contributed by atoms with Crippen molar-refractivity contribution >= 4 is 0 Å². The summed E-state index contributed by atoms with van der Waals surface area (Å²) < 4.78 is 54.8. The van der Waals surface area contributed by atoms with Gasteiger partial charge in [0.15, 0.2) is 0 Å². The van der Waals surface area contributed by atoms with Crippen LogP contribution in [0, 0.1) is 0 Å². The Kier molecular flexibility index (Phi) is 5.14. The molecule has 0 saturated heterocycles. The zero-order chi connectivity index (χ0) is 19.5. The van der Waals surface area contributed by atoms with Crippen LogP contribution in [-0.2, 0) is 5.60 Å². The lowest BCUT2D eigenvalue weighted by Gasteiger charge is -2.30. The summed E-state index contributed by atoms with van der Waals surface area (Å²) in [6.07, 6.45) is -5.50. The first-order valence-electron chi connectivity index (χ1n) is 7.98. The van der Waals surface area contributed by atoms with Gasteiger partial charge < -0.3 is 9.84 Å². The average Bonchev–Trinajstić information content (AvgIpc) is 2.69. The van der Waals surface area contributed by atoms with Gasteiger partial charge in [-0.1, -0.05) is 48.5 Å². The van der Waals surface area contributed by atoms with Gasteiger partial charge in [0, 0.05) is 18.0 Å². The molecule has 0 radical (unpaired) electrons. The first-order valence-corrected chi connectivity index (χ1v) is 7.98. The number of hydrogen-bond acceptors (Lipinski definition) is 3. The lowest BCUT2D eigenvalue weighted by Crippen LogP contribution is -2.33. The number of halogens is 4. The molecule has 3 nitrogen and oxygen atoms in total. The molecule has 7 heteroatoms. The second-order valence-corrected chi connectivity index (χ2v) is 5.81. The minimum absolute atomic E-state index is 0.342. The normalized spacial score (nSPS) is 14.0. The number of rotatable bonds is 6. The molecule has 2 aromatic carbocycles. The fourth-order valence-corrected chi connectivity index (χ4v) is 2.72. The molecule has 0 amide bonds. The van der Waals surface area contributed by atoms with Gasteiger partial charge in [-0.25, -0.2) is 0 Å². The van der Waals surface area contributed by atoms with Crippen LogP contribution in [0.3, 0.4) is 0 Å². The molecule has 3 rings (SSSR count). The van der Waals surface area contributed by atoms with E-state index in [-0.39, 0.29) is 0 Å². The summed E-state index contributed by atoms with van der Waals surface area (Å²) in [5.74, 6) is -0.439. The maximum absolute atomic E-state index is 13.1. The maximum Gasteiger partial charge on any atom is 0.461 e. The summed E-state index contributed by atoms with van der Waals surface area (Å²) in [7, 11) is 0. The molecule has 1 heterocycles. The number of aromatic nitrogens is 1. The zero-order valence-corrected chi connectivity index (χ0v) is 13.9. The van der Waals surface area contributed by atoms with Crippen LogP contribution in [0.4, 0.5) is 17.6 Å². The van der Waals surface area contributed by atoms with Crippen molar-refractivity contribution in [2.24, 2.45) is 0 Å². The second-order valence-electron chi connectivity index (χ2n) is 5.81. The molecule has 0 aliphatic rings. The quantitative estimate of drug-likeness (QED) is 0.639. The highest BCUT2D eigenvalue weighted by Crippen LogP contribution is 2.37. The third-order valence-electron chi connectivity index (χ3n) is 4.05. The third kappa shape index (κ3) is 3.78. The van der Waals surface area contributed by atoms with Crippen molar-refractivity contribution < 1.29 is 27.4 Å². The molecule has 0 spiro atoms. The van der Waals surface area contributed by atoms with E-state index in [9.17, 15) is 22.7 Å². The molecule has 140 valence electrons. The Labute approximate surface area is 152 Å². The molecule has 27 heavy (non-hydrogen) atoms. The lowest BCUT2D eigenvalue weighted by atomic mass is 9.81. The topological polar surface area (TPSA) is 42.4 Å². The van der Waals surface area contributed by atoms with E-state index in [0.717, 1.165) is 12.1 Å². The molecular formula is C20H15F4NO2. The van der Waals surface area contributed by atoms with Crippen LogP contribution in [0.2, 0.25) is 0 Å². The van der Waals surface area contributed by atoms with Crippen molar-refractivity contribution in [2.75, 3.05) is 0 Å². The molecule has 0 aliphatic carbocycles. The molecule has 0 aliphatic heterocycles. The van der Waals surface area contributed by atoms with Crippen molar-refractivity contribution in [1.82, 2.24) is 4.98 Å². The SMILES string of the molecule is OC(c1ccccc1)(c1ccc(OC(F)(F)C(F)F)cc1)c1cccnc1. The highest BCUT2D eigenvalue weighted by atomic mass is 19.3. The third-order valence-corrected chi connectivity index (χ3v) is 4.05. The van der Waals surface area contributed by atoms with Gasteiger partial charge in [0.05, 0.1) is 0 Å². The number of nitrogens with zero attached hydrogens (tertiary/aromatic N) is 1. The van der Waals surface area contributed by atoms with Gasteiger partial charge in [0.1, 0.15) is 11.4 Å². The second kappa shape index (κ2) is 7.36. The molecule has 3 aromatic rings. The Balaban J connectivity index is 2.02. The number of aliphatic hydroxyl groups is 1. The predicted octanol–water partition coefficient (Wildman–Crippen LogP) is 4.60. The van der Waals surface area contributed by atoms with Gasteiger partial charge in [-0.2, -0.15) is 17.6 Å². The molecule has 1 aromatic heterocycles. The van der Waals surface area contributed by atoms with Crippen LogP contribution in [-0.4, -0.2) is 22.6 Å². The van der Waals surface area contributed by atoms with Crippen LogP contribution in [0.25, 0.3) is 0 Å². The molecule has 0 saturated carbocycles. The molecular weight excluding hydrogens is 362 g/mol. The van der Waals surface area contributed by atoms with Gasteiger partial charge in [-0.3, -0.25) is 4.98 Å². The maximum atomic E-state index is 13.1. The Bertz CT molecular complexity index is 832. The summed E-state index contributed by atoms with van der Waals surface area (Å²) in [6, 6.07) is 16.9. The number of benzene rings is 2. The van der Waals surface area contributed by atoms with E-state index in [1.54, 1.807) is 48.7 Å². The molecule has 1 N–H and O–H groups in total. The number of alkyl halides is 4. The average molecular weight is 377 g/mol. The Morgan fingerprint density at radius 3 is 1.96 bits per heavy atom. The summed E-state index contributed by atoms with van der Waals surface area (Å²) >= 11 is 0. The lowest BCUT2D eigenvalue weighted by molar-refractivity contribution is -0.253. The van der Waals surface area contributed by atoms with Crippen LogP contribution < -0.4 is 4.74 Å². The summed E-state index contributed by atoms with van der Waals surface area (Å²) in [6.45, 7) is 0. The predicted molar refractivity (Wildman–Crippen MR) is 90.8 cm³/mol. The van der Waals surface area contributed by atoms with Crippen LogP contribution in [0.1, 0.15) is 16.7 Å². The summed E-state index contributed by atoms with van der Waals surface area (Å²) in [5.41, 5.74) is -0.277. The zero-order valence-electron chi connectivity index (χ0n) is 13.9. The summed E-state index contributed by atoms with van der Waals surface area (Å²) in [4.78, 5) is 4.02. The van der Waals surface area contributed by atoms with Crippen LogP contribution in [0.15, 0.2) is 79.1 Å². The van der Waals surface area contributed by atoms with E-state index in [1.807, 2.05) is 0 Å². The number of ether oxygens (including phenoxy) is 1. The van der Waals surface area contributed by atoms with Crippen molar-refractivity contribution in [2.45, 2.75) is 18.1 Å². The smallest absolute Gasteiger partial charge is 0.428 e. The Hall–Kier alpha value is -2.93. The molecule has 0 fully saturated rings. The van der Waals surface area contributed by atoms with Gasteiger partial charge in [0.25, 0.3) is 0 Å². The fourth-order valence-electron chi connectivity index (χ4n) is 2.72. The molecule has 0 bridgehead atoms. The summed E-state index contributed by atoms with van der Waals surface area (Å²) in [5, 5.41) is 11.5. The largest absolute Gasteiger partial charge is 0.461 e. The van der Waals surface area contributed by atoms with E-state index in [1.165, 1.54) is 18.3 Å². The Morgan fingerprint density at radius 2 is 1.41 bits per heavy atom.